The molecule has 0 amide bonds. The van der Waals surface area contributed by atoms with Crippen LogP contribution in [0.4, 0.5) is 11.4 Å². The number of aromatic hydroxyl groups is 1. The Morgan fingerprint density at radius 2 is 1.92 bits per heavy atom. The second-order valence-corrected chi connectivity index (χ2v) is 10.4. The number of nitrogens with one attached hydrogen (secondary N) is 2. The summed E-state index contributed by atoms with van der Waals surface area (Å²) in [5.74, 6) is 0.211. The molecule has 3 aliphatic heterocycles. The van der Waals surface area contributed by atoms with Crippen molar-refractivity contribution in [1.82, 2.24) is 14.9 Å². The van der Waals surface area contributed by atoms with Gasteiger partial charge in [-0.15, -0.1) is 0 Å². The third kappa shape index (κ3) is 2.25. The van der Waals surface area contributed by atoms with Crippen molar-refractivity contribution in [2.24, 2.45) is 0 Å². The second-order valence-electron chi connectivity index (χ2n) is 10.4. The van der Waals surface area contributed by atoms with Crippen LogP contribution in [0.1, 0.15) is 30.7 Å². The van der Waals surface area contributed by atoms with E-state index in [1.807, 2.05) is 13.2 Å². The summed E-state index contributed by atoms with van der Waals surface area (Å²) in [6.07, 6.45) is 3.08. The van der Waals surface area contributed by atoms with Gasteiger partial charge in [0, 0.05) is 54.0 Å². The molecule has 0 saturated carbocycles. The lowest BCUT2D eigenvalue weighted by atomic mass is 9.86. The maximum atomic E-state index is 11.1. The zero-order valence-corrected chi connectivity index (χ0v) is 20.5. The van der Waals surface area contributed by atoms with Crippen molar-refractivity contribution in [3.05, 3.63) is 65.9 Å². The van der Waals surface area contributed by atoms with Crippen LogP contribution in [0.5, 0.6) is 5.88 Å². The van der Waals surface area contributed by atoms with Gasteiger partial charge in [0.1, 0.15) is 12.3 Å². The predicted octanol–water partition coefficient (Wildman–Crippen LogP) is 5.28. The van der Waals surface area contributed by atoms with Gasteiger partial charge in [-0.3, -0.25) is 0 Å². The zero-order chi connectivity index (χ0) is 24.3. The summed E-state index contributed by atoms with van der Waals surface area (Å²) in [6, 6.07) is 17.2. The Morgan fingerprint density at radius 3 is 2.75 bits per heavy atom. The van der Waals surface area contributed by atoms with Crippen LogP contribution in [0.15, 0.2) is 54.7 Å². The number of anilines is 2. The Bertz CT molecular complexity index is 1720. The van der Waals surface area contributed by atoms with Crippen molar-refractivity contribution in [3.8, 4) is 5.88 Å². The molecule has 7 nitrogen and oxygen atoms in total. The molecule has 2 aromatic heterocycles. The second kappa shape index (κ2) is 6.82. The van der Waals surface area contributed by atoms with Gasteiger partial charge in [0.05, 0.1) is 22.1 Å². The summed E-state index contributed by atoms with van der Waals surface area (Å²) in [4.78, 5) is 5.51. The number of ether oxygens (including phenoxy) is 2. The van der Waals surface area contributed by atoms with Crippen LogP contribution in [0.2, 0.25) is 0 Å². The van der Waals surface area contributed by atoms with E-state index < -0.39 is 5.72 Å². The Labute approximate surface area is 208 Å². The molecule has 5 heterocycles. The molecule has 3 aliphatic rings. The molecule has 0 unspecified atom stereocenters. The quantitative estimate of drug-likeness (QED) is 0.321. The lowest BCUT2D eigenvalue weighted by Gasteiger charge is -2.53. The molecular formula is C29H28N4O3. The number of rotatable bonds is 2. The van der Waals surface area contributed by atoms with Crippen molar-refractivity contribution < 1.29 is 14.6 Å². The molecule has 2 bridgehead atoms. The number of methoxy groups -OCH3 is 1. The van der Waals surface area contributed by atoms with E-state index in [-0.39, 0.29) is 24.3 Å². The fourth-order valence-corrected chi connectivity index (χ4v) is 7.39. The molecule has 0 spiro atoms. The molecule has 5 aromatic rings. The summed E-state index contributed by atoms with van der Waals surface area (Å²) in [5, 5.41) is 18.7. The molecule has 4 atom stereocenters. The van der Waals surface area contributed by atoms with E-state index in [2.05, 4.69) is 75.2 Å². The highest BCUT2D eigenvalue weighted by molar-refractivity contribution is 6.27. The molecule has 1 saturated heterocycles. The van der Waals surface area contributed by atoms with Crippen molar-refractivity contribution in [1.29, 1.82) is 0 Å². The fourth-order valence-electron chi connectivity index (χ4n) is 7.39. The van der Waals surface area contributed by atoms with Gasteiger partial charge in [-0.2, -0.15) is 0 Å². The van der Waals surface area contributed by atoms with E-state index in [0.717, 1.165) is 56.8 Å². The minimum Gasteiger partial charge on any atom is -0.494 e. The highest BCUT2D eigenvalue weighted by Crippen LogP contribution is 2.58. The van der Waals surface area contributed by atoms with Crippen LogP contribution in [-0.2, 0) is 15.9 Å². The zero-order valence-electron chi connectivity index (χ0n) is 20.5. The number of aromatic amines is 1. The summed E-state index contributed by atoms with van der Waals surface area (Å²) in [6.45, 7) is 2.17. The van der Waals surface area contributed by atoms with E-state index in [9.17, 15) is 5.11 Å². The van der Waals surface area contributed by atoms with Gasteiger partial charge in [0.25, 0.3) is 0 Å². The highest BCUT2D eigenvalue weighted by Gasteiger charge is 2.56. The third-order valence-corrected chi connectivity index (χ3v) is 8.76. The molecule has 182 valence electrons. The predicted molar refractivity (Wildman–Crippen MR) is 141 cm³/mol. The summed E-state index contributed by atoms with van der Waals surface area (Å²) < 4.78 is 15.7. The molecule has 1 fully saturated rings. The number of hydrogen-bond acceptors (Lipinski definition) is 5. The Morgan fingerprint density at radius 1 is 1.11 bits per heavy atom. The molecule has 36 heavy (non-hydrogen) atoms. The molecule has 3 aromatic carbocycles. The summed E-state index contributed by atoms with van der Waals surface area (Å²) in [5.41, 5.74) is 6.18. The van der Waals surface area contributed by atoms with Gasteiger partial charge in [-0.1, -0.05) is 36.4 Å². The molecule has 8 rings (SSSR count). The normalized spacial score (nSPS) is 26.5. The smallest absolute Gasteiger partial charge is 0.197 e. The van der Waals surface area contributed by atoms with Gasteiger partial charge in [0.2, 0.25) is 0 Å². The van der Waals surface area contributed by atoms with E-state index in [1.54, 1.807) is 7.11 Å². The maximum Gasteiger partial charge on any atom is 0.197 e. The molecule has 7 heteroatoms. The lowest BCUT2D eigenvalue weighted by molar-refractivity contribution is -0.214. The SMILES string of the molecule is CN[C@H]1C[C@@H]2O[C@](C)([C@H]1OC)N1c3ccccc3Cc3c1c1c(c4ccccc4n12)c1c(O)[nH]cc31. The van der Waals surface area contributed by atoms with E-state index >= 15 is 0 Å². The van der Waals surface area contributed by atoms with Gasteiger partial charge in [-0.25, -0.2) is 0 Å². The Balaban J connectivity index is 1.64. The highest BCUT2D eigenvalue weighted by atomic mass is 16.6. The fraction of sp³-hybridized carbons (Fsp3) is 0.310. The van der Waals surface area contributed by atoms with Gasteiger partial charge in [-0.05, 0) is 37.2 Å². The van der Waals surface area contributed by atoms with Crippen molar-refractivity contribution in [2.45, 2.75) is 43.9 Å². The number of H-pyrrole nitrogens is 1. The van der Waals surface area contributed by atoms with Gasteiger partial charge >= 0.3 is 0 Å². The standard InChI is InChI=1S/C29H28N4O3/c1-29-27(35-3)19(30-2)13-22(36-29)32-21-11-7-5-9-16(21)23-24-18(14-31-28(24)34)17-12-15-8-4-6-10-20(15)33(29)25(17)26(23)32/h4-11,14,19,22,27,30-31,34H,12-13H2,1-3H3/t19-,22-,27-,29+/m0/s1. The third-order valence-electron chi connectivity index (χ3n) is 8.76. The Kier molecular flexibility index (Phi) is 3.91. The molecule has 0 aliphatic carbocycles. The maximum absolute atomic E-state index is 11.1. The van der Waals surface area contributed by atoms with Crippen LogP contribution in [-0.4, -0.2) is 46.7 Å². The number of hydrogen-bond donors (Lipinski definition) is 3. The first-order chi connectivity index (χ1) is 17.6. The van der Waals surface area contributed by atoms with Crippen LogP contribution in [0.25, 0.3) is 32.6 Å². The van der Waals surface area contributed by atoms with Crippen LogP contribution >= 0.6 is 0 Å². The summed E-state index contributed by atoms with van der Waals surface area (Å²) >= 11 is 0. The summed E-state index contributed by atoms with van der Waals surface area (Å²) in [7, 11) is 3.79. The monoisotopic (exact) mass is 480 g/mol. The first kappa shape index (κ1) is 20.7. The van der Waals surface area contributed by atoms with E-state index in [4.69, 9.17) is 9.47 Å². The molecular weight excluding hydrogens is 452 g/mol. The Hall–Kier alpha value is -3.52. The van der Waals surface area contributed by atoms with Gasteiger partial charge < -0.3 is 34.3 Å². The van der Waals surface area contributed by atoms with Gasteiger partial charge in [0.15, 0.2) is 11.6 Å². The molecule has 0 radical (unpaired) electrons. The van der Waals surface area contributed by atoms with Crippen molar-refractivity contribution >= 4 is 44.0 Å². The first-order valence-electron chi connectivity index (χ1n) is 12.6. The van der Waals surface area contributed by atoms with Crippen molar-refractivity contribution in [3.63, 3.8) is 0 Å². The van der Waals surface area contributed by atoms with Crippen LogP contribution < -0.4 is 10.2 Å². The largest absolute Gasteiger partial charge is 0.494 e. The number of fused-ring (bicyclic) bond motifs is 12. The lowest BCUT2D eigenvalue weighted by Crippen LogP contribution is -2.65. The molecule has 3 N–H and O–H groups in total. The van der Waals surface area contributed by atoms with E-state index in [0.29, 0.717) is 0 Å². The van der Waals surface area contributed by atoms with Crippen LogP contribution in [0, 0.1) is 0 Å². The number of aromatic nitrogens is 2. The van der Waals surface area contributed by atoms with E-state index in [1.165, 1.54) is 11.1 Å². The number of likely N-dealkylation sites (N-methyl/N-ethyl adjacent to an activating group) is 1. The number of benzene rings is 3. The minimum absolute atomic E-state index is 0.0851. The topological polar surface area (TPSA) is 74.7 Å². The van der Waals surface area contributed by atoms with Crippen molar-refractivity contribution in [2.75, 3.05) is 19.1 Å². The number of nitrogens with zero attached hydrogens (tertiary/aromatic N) is 2. The average Bonchev–Trinajstić information content (AvgIpc) is 3.42. The average molecular weight is 481 g/mol. The van der Waals surface area contributed by atoms with Crippen LogP contribution in [0.3, 0.4) is 0 Å². The minimum atomic E-state index is -0.768. The number of para-hydroxylation sites is 2. The first-order valence-corrected chi connectivity index (χ1v) is 12.6.